The van der Waals surface area contributed by atoms with Crippen molar-refractivity contribution in [3.05, 3.63) is 0 Å². The third-order valence-electron chi connectivity index (χ3n) is 3.36. The summed E-state index contributed by atoms with van der Waals surface area (Å²) >= 11 is 0. The molecule has 1 aliphatic heterocycles. The molecule has 0 saturated carbocycles. The van der Waals surface area contributed by atoms with Gasteiger partial charge in [-0.2, -0.15) is 0 Å². The molecule has 0 unspecified atom stereocenters. The smallest absolute Gasteiger partial charge is 0.257 e. The van der Waals surface area contributed by atoms with E-state index < -0.39 is 19.8 Å². The highest BCUT2D eigenvalue weighted by Gasteiger charge is 2.27. The number of hydrogen-bond acceptors (Lipinski definition) is 4. The molecule has 118 valence electrons. The molecule has 0 radical (unpaired) electrons. The molecule has 0 aromatic carbocycles. The summed E-state index contributed by atoms with van der Waals surface area (Å²) in [5.74, 6) is 0.328. The molecule has 1 heterocycles. The van der Waals surface area contributed by atoms with Crippen molar-refractivity contribution < 1.29 is 17.4 Å². The molecule has 1 saturated heterocycles. The fourth-order valence-electron chi connectivity index (χ4n) is 2.21. The van der Waals surface area contributed by atoms with E-state index in [1.807, 2.05) is 6.92 Å². The lowest BCUT2D eigenvalue weighted by Crippen LogP contribution is -2.45. The van der Waals surface area contributed by atoms with Crippen LogP contribution < -0.4 is 0 Å². The normalized spacial score (nSPS) is 20.4. The number of sulfonamides is 1. The molecule has 1 atom stereocenters. The van der Waals surface area contributed by atoms with Crippen molar-refractivity contribution in [3.63, 3.8) is 0 Å². The number of nitrogens with zero attached hydrogens (tertiary/aromatic N) is 2. The van der Waals surface area contributed by atoms with Crippen molar-refractivity contribution in [3.8, 4) is 0 Å². The maximum absolute atomic E-state index is 12.2. The predicted octanol–water partition coefficient (Wildman–Crippen LogP) is 1.08. The third kappa shape index (κ3) is 5.40. The fourth-order valence-corrected chi connectivity index (χ4v) is 5.99. The lowest BCUT2D eigenvalue weighted by molar-refractivity contribution is -0.134. The first-order valence-electron chi connectivity index (χ1n) is 6.89. The summed E-state index contributed by atoms with van der Waals surface area (Å²) in [7, 11) is -6.32. The van der Waals surface area contributed by atoms with Gasteiger partial charge in [-0.05, 0) is 6.42 Å². The maximum Gasteiger partial charge on any atom is 0.257 e. The van der Waals surface area contributed by atoms with E-state index in [1.54, 1.807) is 4.90 Å². The Bertz CT molecular complexity index is 548. The third-order valence-corrected chi connectivity index (χ3v) is 7.17. The van der Waals surface area contributed by atoms with Gasteiger partial charge in [-0.15, -0.1) is 3.77 Å². The first-order valence-corrected chi connectivity index (χ1v) is 10.6. The predicted molar refractivity (Wildman–Crippen MR) is 80.4 cm³/mol. The Kier molecular flexibility index (Phi) is 6.00. The molecule has 1 aliphatic rings. The van der Waals surface area contributed by atoms with Gasteiger partial charge in [-0.3, -0.25) is 4.79 Å². The van der Waals surface area contributed by atoms with E-state index in [1.165, 1.54) is 0 Å². The van der Waals surface area contributed by atoms with E-state index >= 15 is 0 Å². The zero-order valence-corrected chi connectivity index (χ0v) is 14.0. The van der Waals surface area contributed by atoms with Crippen LogP contribution in [0.1, 0.15) is 33.1 Å². The Balaban J connectivity index is 2.65. The fraction of sp³-hybridized carbons (Fsp3) is 0.917. The van der Waals surface area contributed by atoms with E-state index in [-0.39, 0.29) is 23.3 Å². The zero-order valence-electron chi connectivity index (χ0n) is 12.4. The largest absolute Gasteiger partial charge is 0.341 e. The topological polar surface area (TPSA) is 83.9 Å². The summed E-state index contributed by atoms with van der Waals surface area (Å²) < 4.78 is 37.9. The SMILES string of the molecule is CCCC[C@H](C)C(=O)N1CCS(=O)(=NS(C)(=O)=O)CC1. The summed E-state index contributed by atoms with van der Waals surface area (Å²) in [4.78, 5) is 13.9. The second-order valence-electron chi connectivity index (χ2n) is 5.36. The molecule has 8 heteroatoms. The van der Waals surface area contributed by atoms with Crippen LogP contribution in [0.3, 0.4) is 0 Å². The minimum atomic E-state index is -3.60. The molecule has 1 rings (SSSR count). The van der Waals surface area contributed by atoms with Crippen molar-refractivity contribution in [2.75, 3.05) is 30.9 Å². The van der Waals surface area contributed by atoms with E-state index in [0.717, 1.165) is 25.5 Å². The van der Waals surface area contributed by atoms with Crippen LogP contribution in [0.2, 0.25) is 0 Å². The van der Waals surface area contributed by atoms with Crippen LogP contribution in [0.4, 0.5) is 0 Å². The molecular formula is C12H24N2O4S2. The summed E-state index contributed by atoms with van der Waals surface area (Å²) in [6.45, 7) is 4.64. The van der Waals surface area contributed by atoms with Crippen LogP contribution >= 0.6 is 0 Å². The quantitative estimate of drug-likeness (QED) is 0.757. The summed E-state index contributed by atoms with van der Waals surface area (Å²) in [6.07, 6.45) is 3.87. The number of carbonyl (C=O) groups excluding carboxylic acids is 1. The van der Waals surface area contributed by atoms with Crippen LogP contribution in [0.15, 0.2) is 3.77 Å². The molecule has 0 N–H and O–H groups in total. The molecular weight excluding hydrogens is 300 g/mol. The van der Waals surface area contributed by atoms with E-state index in [0.29, 0.717) is 13.1 Å². The van der Waals surface area contributed by atoms with Gasteiger partial charge in [0, 0.05) is 19.0 Å². The average molecular weight is 324 g/mol. The van der Waals surface area contributed by atoms with Gasteiger partial charge >= 0.3 is 0 Å². The molecule has 0 bridgehead atoms. The second-order valence-corrected chi connectivity index (χ2v) is 9.78. The Hall–Kier alpha value is -0.630. The molecule has 6 nitrogen and oxygen atoms in total. The standard InChI is InChI=1S/C12H24N2O4S2/c1-4-5-6-11(2)12(15)14-7-9-20(18,10-8-14)13-19(3,16)17/h11H,4-10H2,1-3H3/t11-/m0/s1. The summed E-state index contributed by atoms with van der Waals surface area (Å²) in [5.41, 5.74) is 0. The molecule has 0 aliphatic carbocycles. The van der Waals surface area contributed by atoms with Gasteiger partial charge in [0.05, 0.1) is 27.5 Å². The van der Waals surface area contributed by atoms with Gasteiger partial charge in [0.1, 0.15) is 0 Å². The minimum absolute atomic E-state index is 0.0315. The summed E-state index contributed by atoms with van der Waals surface area (Å²) in [6, 6.07) is 0. The van der Waals surface area contributed by atoms with Crippen molar-refractivity contribution in [2.24, 2.45) is 9.69 Å². The number of rotatable bonds is 5. The van der Waals surface area contributed by atoms with Crippen LogP contribution in [-0.2, 0) is 24.5 Å². The van der Waals surface area contributed by atoms with Gasteiger partial charge < -0.3 is 4.90 Å². The Morgan fingerprint density at radius 3 is 2.35 bits per heavy atom. The monoisotopic (exact) mass is 324 g/mol. The van der Waals surface area contributed by atoms with Gasteiger partial charge in [0.15, 0.2) is 0 Å². The highest BCUT2D eigenvalue weighted by Crippen LogP contribution is 2.15. The number of hydrogen-bond donors (Lipinski definition) is 0. The van der Waals surface area contributed by atoms with Gasteiger partial charge in [-0.1, -0.05) is 26.7 Å². The van der Waals surface area contributed by atoms with Crippen LogP contribution in [0, 0.1) is 5.92 Å². The molecule has 1 fully saturated rings. The first-order chi connectivity index (χ1) is 9.17. The van der Waals surface area contributed by atoms with E-state index in [4.69, 9.17) is 0 Å². The Morgan fingerprint density at radius 1 is 1.35 bits per heavy atom. The molecule has 1 amide bonds. The number of carbonyl (C=O) groups is 1. The lowest BCUT2D eigenvalue weighted by atomic mass is 10.0. The van der Waals surface area contributed by atoms with Crippen molar-refractivity contribution >= 4 is 25.7 Å². The average Bonchev–Trinajstić information content (AvgIpc) is 2.33. The molecule has 0 aromatic heterocycles. The molecule has 20 heavy (non-hydrogen) atoms. The van der Waals surface area contributed by atoms with Crippen molar-refractivity contribution in [2.45, 2.75) is 33.1 Å². The summed E-state index contributed by atoms with van der Waals surface area (Å²) in [5, 5.41) is 0. The second kappa shape index (κ2) is 6.89. The Morgan fingerprint density at radius 2 is 1.90 bits per heavy atom. The minimum Gasteiger partial charge on any atom is -0.341 e. The van der Waals surface area contributed by atoms with Crippen LogP contribution in [-0.4, -0.2) is 54.3 Å². The Labute approximate surface area is 122 Å². The van der Waals surface area contributed by atoms with E-state index in [2.05, 4.69) is 10.7 Å². The van der Waals surface area contributed by atoms with E-state index in [9.17, 15) is 17.4 Å². The molecule has 0 aromatic rings. The van der Waals surface area contributed by atoms with Gasteiger partial charge in [-0.25, -0.2) is 12.6 Å². The van der Waals surface area contributed by atoms with Crippen molar-refractivity contribution in [1.29, 1.82) is 0 Å². The highest BCUT2D eigenvalue weighted by molar-refractivity contribution is 8.03. The maximum atomic E-state index is 12.2. The lowest BCUT2D eigenvalue weighted by Gasteiger charge is -2.30. The zero-order chi connectivity index (χ0) is 15.4. The van der Waals surface area contributed by atoms with Gasteiger partial charge in [0.2, 0.25) is 5.91 Å². The van der Waals surface area contributed by atoms with Gasteiger partial charge in [0.25, 0.3) is 10.0 Å². The first kappa shape index (κ1) is 17.4. The van der Waals surface area contributed by atoms with Crippen LogP contribution in [0.25, 0.3) is 0 Å². The highest BCUT2D eigenvalue weighted by atomic mass is 32.3. The number of unbranched alkanes of at least 4 members (excludes halogenated alkanes) is 1. The molecule has 0 spiro atoms. The van der Waals surface area contributed by atoms with Crippen LogP contribution in [0.5, 0.6) is 0 Å². The number of amides is 1. The van der Waals surface area contributed by atoms with Crippen molar-refractivity contribution in [1.82, 2.24) is 4.90 Å².